The van der Waals surface area contributed by atoms with Crippen LogP contribution < -0.4 is 0 Å². The molecule has 1 fully saturated rings. The van der Waals surface area contributed by atoms with Crippen molar-refractivity contribution in [2.75, 3.05) is 13.1 Å². The molecule has 2 aromatic heterocycles. The van der Waals surface area contributed by atoms with E-state index in [4.69, 9.17) is 4.98 Å². The molecule has 0 saturated carbocycles. The molecule has 0 unspecified atom stereocenters. The number of likely N-dealkylation sites (tertiary alicyclic amines) is 1. The zero-order chi connectivity index (χ0) is 15.6. The minimum atomic E-state index is 0.738. The maximum atomic E-state index is 4.81. The summed E-state index contributed by atoms with van der Waals surface area (Å²) in [7, 11) is 0. The third kappa shape index (κ3) is 3.14. The van der Waals surface area contributed by atoms with Crippen LogP contribution in [0.2, 0.25) is 0 Å². The number of benzene rings is 1. The number of hydrogen-bond donors (Lipinski definition) is 0. The van der Waals surface area contributed by atoms with Crippen molar-refractivity contribution in [3.63, 3.8) is 0 Å². The fourth-order valence-electron chi connectivity index (χ4n) is 3.36. The molecule has 3 heterocycles. The van der Waals surface area contributed by atoms with Crippen molar-refractivity contribution in [3.05, 3.63) is 47.7 Å². The molecule has 3 nitrogen and oxygen atoms in total. The van der Waals surface area contributed by atoms with Crippen molar-refractivity contribution >= 4 is 21.6 Å². The maximum absolute atomic E-state index is 4.81. The first-order valence-corrected chi connectivity index (χ1v) is 9.15. The first-order valence-electron chi connectivity index (χ1n) is 8.33. The van der Waals surface area contributed by atoms with E-state index in [0.717, 1.165) is 30.1 Å². The molecule has 23 heavy (non-hydrogen) atoms. The van der Waals surface area contributed by atoms with E-state index in [1.54, 1.807) is 0 Å². The van der Waals surface area contributed by atoms with E-state index >= 15 is 0 Å². The lowest BCUT2D eigenvalue weighted by Gasteiger charge is -2.19. The fourth-order valence-corrected chi connectivity index (χ4v) is 4.35. The second-order valence-corrected chi connectivity index (χ2v) is 7.42. The molecular formula is C19H21N3S. The molecule has 4 rings (SSSR count). The normalized spacial score (nSPS) is 18.7. The van der Waals surface area contributed by atoms with Crippen LogP contribution in [0.25, 0.3) is 21.3 Å². The molecule has 0 radical (unpaired) electrons. The highest BCUT2D eigenvalue weighted by Gasteiger charge is 2.20. The molecule has 0 spiro atoms. The largest absolute Gasteiger partial charge is 0.300 e. The van der Waals surface area contributed by atoms with Crippen molar-refractivity contribution in [1.82, 2.24) is 14.9 Å². The Balaban J connectivity index is 1.54. The zero-order valence-corrected chi connectivity index (χ0v) is 14.2. The number of aromatic nitrogens is 2. The summed E-state index contributed by atoms with van der Waals surface area (Å²) in [6.45, 7) is 4.72. The van der Waals surface area contributed by atoms with E-state index in [-0.39, 0.29) is 0 Å². The third-order valence-electron chi connectivity index (χ3n) is 4.73. The highest BCUT2D eigenvalue weighted by atomic mass is 32.1. The van der Waals surface area contributed by atoms with Crippen molar-refractivity contribution in [2.45, 2.75) is 32.2 Å². The monoisotopic (exact) mass is 323 g/mol. The van der Waals surface area contributed by atoms with Crippen molar-refractivity contribution in [3.8, 4) is 11.1 Å². The minimum absolute atomic E-state index is 0.738. The van der Waals surface area contributed by atoms with Crippen LogP contribution in [-0.4, -0.2) is 34.0 Å². The molecular weight excluding hydrogens is 302 g/mol. The van der Waals surface area contributed by atoms with E-state index in [1.165, 1.54) is 34.7 Å². The average Bonchev–Trinajstić information content (AvgIpc) is 3.18. The predicted octanol–water partition coefficient (Wildman–Crippen LogP) is 4.39. The number of nitrogens with zero attached hydrogens (tertiary/aromatic N) is 3. The molecule has 0 bridgehead atoms. The van der Waals surface area contributed by atoms with Gasteiger partial charge in [0, 0.05) is 37.0 Å². The van der Waals surface area contributed by atoms with Crippen LogP contribution in [0.1, 0.15) is 24.8 Å². The Bertz CT molecular complexity index is 797. The predicted molar refractivity (Wildman–Crippen MR) is 96.8 cm³/mol. The molecule has 4 heteroatoms. The number of hydrogen-bond acceptors (Lipinski definition) is 4. The summed E-state index contributed by atoms with van der Waals surface area (Å²) < 4.78 is 1.27. The Morgan fingerprint density at radius 2 is 2.22 bits per heavy atom. The van der Waals surface area contributed by atoms with Gasteiger partial charge in [-0.25, -0.2) is 4.98 Å². The zero-order valence-electron chi connectivity index (χ0n) is 13.4. The summed E-state index contributed by atoms with van der Waals surface area (Å²) in [5.41, 5.74) is 3.50. The Hall–Kier alpha value is -1.78. The highest BCUT2D eigenvalue weighted by molar-refractivity contribution is 7.18. The van der Waals surface area contributed by atoms with E-state index in [2.05, 4.69) is 41.1 Å². The summed E-state index contributed by atoms with van der Waals surface area (Å²) in [6.07, 6.45) is 7.47. The average molecular weight is 323 g/mol. The molecule has 3 aromatic rings. The SMILES string of the molecule is C[C@@H]1CCCN1CCc1nc2ccc(-c3cccnc3)cc2s1. The molecule has 118 valence electrons. The van der Waals surface area contributed by atoms with Gasteiger partial charge in [0.2, 0.25) is 0 Å². The van der Waals surface area contributed by atoms with Crippen molar-refractivity contribution < 1.29 is 0 Å². The fraction of sp³-hybridized carbons (Fsp3) is 0.368. The van der Waals surface area contributed by atoms with Gasteiger partial charge in [-0.15, -0.1) is 11.3 Å². The summed E-state index contributed by atoms with van der Waals surface area (Å²) in [6, 6.07) is 11.3. The van der Waals surface area contributed by atoms with Crippen LogP contribution >= 0.6 is 11.3 Å². The third-order valence-corrected chi connectivity index (χ3v) is 5.81. The van der Waals surface area contributed by atoms with Gasteiger partial charge in [0.15, 0.2) is 0 Å². The summed E-state index contributed by atoms with van der Waals surface area (Å²) in [5.74, 6) is 0. The highest BCUT2D eigenvalue weighted by Crippen LogP contribution is 2.28. The molecule has 1 aromatic carbocycles. The van der Waals surface area contributed by atoms with Gasteiger partial charge in [-0.1, -0.05) is 12.1 Å². The van der Waals surface area contributed by atoms with E-state index in [9.17, 15) is 0 Å². The number of thiazole rings is 1. The second kappa shape index (κ2) is 6.38. The van der Waals surface area contributed by atoms with Crippen molar-refractivity contribution in [1.29, 1.82) is 0 Å². The van der Waals surface area contributed by atoms with E-state index < -0.39 is 0 Å². The Morgan fingerprint density at radius 1 is 1.26 bits per heavy atom. The van der Waals surface area contributed by atoms with Crippen LogP contribution in [0, 0.1) is 0 Å². The quantitative estimate of drug-likeness (QED) is 0.713. The van der Waals surface area contributed by atoms with Crippen LogP contribution in [0.3, 0.4) is 0 Å². The molecule has 1 atom stereocenters. The van der Waals surface area contributed by atoms with Gasteiger partial charge < -0.3 is 4.90 Å². The minimum Gasteiger partial charge on any atom is -0.300 e. The molecule has 1 aliphatic rings. The van der Waals surface area contributed by atoms with Crippen LogP contribution in [0.5, 0.6) is 0 Å². The lowest BCUT2D eigenvalue weighted by Crippen LogP contribution is -2.28. The summed E-state index contributed by atoms with van der Waals surface area (Å²) in [4.78, 5) is 11.6. The Kier molecular flexibility index (Phi) is 4.10. The van der Waals surface area contributed by atoms with Gasteiger partial charge in [-0.3, -0.25) is 4.98 Å². The summed E-state index contributed by atoms with van der Waals surface area (Å²) >= 11 is 1.83. The smallest absolute Gasteiger partial charge is 0.0951 e. The molecule has 1 aliphatic heterocycles. The topological polar surface area (TPSA) is 29.0 Å². The van der Waals surface area contributed by atoms with Gasteiger partial charge in [-0.05, 0) is 50.1 Å². The van der Waals surface area contributed by atoms with Gasteiger partial charge in [0.05, 0.1) is 15.2 Å². The van der Waals surface area contributed by atoms with Crippen LogP contribution in [0.4, 0.5) is 0 Å². The van der Waals surface area contributed by atoms with Gasteiger partial charge in [-0.2, -0.15) is 0 Å². The first-order chi connectivity index (χ1) is 11.3. The Morgan fingerprint density at radius 3 is 3.00 bits per heavy atom. The number of fused-ring (bicyclic) bond motifs is 1. The standard InChI is InChI=1S/C19H21N3S/c1-14-4-3-10-22(14)11-8-19-21-17-7-6-15(12-18(17)23-19)16-5-2-9-20-13-16/h2,5-7,9,12-14H,3-4,8,10-11H2,1H3/t14-/m1/s1. The molecule has 0 amide bonds. The van der Waals surface area contributed by atoms with Crippen molar-refractivity contribution in [2.24, 2.45) is 0 Å². The number of pyridine rings is 1. The van der Waals surface area contributed by atoms with Gasteiger partial charge >= 0.3 is 0 Å². The maximum Gasteiger partial charge on any atom is 0.0951 e. The molecule has 0 N–H and O–H groups in total. The molecule has 0 aliphatic carbocycles. The van der Waals surface area contributed by atoms with Gasteiger partial charge in [0.25, 0.3) is 0 Å². The lowest BCUT2D eigenvalue weighted by molar-refractivity contribution is 0.272. The van der Waals surface area contributed by atoms with Gasteiger partial charge in [0.1, 0.15) is 0 Å². The van der Waals surface area contributed by atoms with E-state index in [0.29, 0.717) is 0 Å². The second-order valence-electron chi connectivity index (χ2n) is 6.31. The first kappa shape index (κ1) is 14.8. The van der Waals surface area contributed by atoms with Crippen LogP contribution in [0.15, 0.2) is 42.7 Å². The summed E-state index contributed by atoms with van der Waals surface area (Å²) in [5, 5.41) is 1.25. The van der Waals surface area contributed by atoms with E-state index in [1.807, 2.05) is 29.8 Å². The Labute approximate surface area is 141 Å². The number of rotatable bonds is 4. The lowest BCUT2D eigenvalue weighted by atomic mass is 10.1. The molecule has 1 saturated heterocycles. The van der Waals surface area contributed by atoms with Crippen LogP contribution in [-0.2, 0) is 6.42 Å².